The van der Waals surface area contributed by atoms with E-state index in [1.807, 2.05) is 48.5 Å². The summed E-state index contributed by atoms with van der Waals surface area (Å²) in [5.74, 6) is 0.0550. The quantitative estimate of drug-likeness (QED) is 0.164. The molecule has 0 bridgehead atoms. The van der Waals surface area contributed by atoms with E-state index in [0.29, 0.717) is 49.5 Å². The highest BCUT2D eigenvalue weighted by molar-refractivity contribution is 8.14. The molecule has 234 valence electrons. The molecule has 0 aliphatic rings. The molecule has 10 nitrogen and oxygen atoms in total. The summed E-state index contributed by atoms with van der Waals surface area (Å²) in [7, 11) is 0. The minimum atomic E-state index is -0.904. The van der Waals surface area contributed by atoms with Gasteiger partial charge in [-0.1, -0.05) is 98.4 Å². The van der Waals surface area contributed by atoms with Crippen LogP contribution in [0.4, 0.5) is 10.5 Å². The van der Waals surface area contributed by atoms with Crippen LogP contribution >= 0.6 is 11.8 Å². The van der Waals surface area contributed by atoms with Crippen LogP contribution in [0.5, 0.6) is 0 Å². The lowest BCUT2D eigenvalue weighted by molar-refractivity contribution is -0.384. The third kappa shape index (κ3) is 11.5. The molecule has 0 aliphatic heterocycles. The highest BCUT2D eigenvalue weighted by Gasteiger charge is 2.25. The molecule has 3 aromatic carbocycles. The number of urea groups is 1. The molecule has 3 amide bonds. The molecule has 11 heteroatoms. The summed E-state index contributed by atoms with van der Waals surface area (Å²) >= 11 is 1.15. The van der Waals surface area contributed by atoms with Crippen LogP contribution in [0.3, 0.4) is 0 Å². The van der Waals surface area contributed by atoms with Crippen molar-refractivity contribution in [1.82, 2.24) is 20.4 Å². The fourth-order valence-electron chi connectivity index (χ4n) is 4.57. The molecule has 0 saturated carbocycles. The van der Waals surface area contributed by atoms with Crippen LogP contribution in [0, 0.1) is 10.1 Å². The number of hydrogen-bond donors (Lipinski definition) is 2. The van der Waals surface area contributed by atoms with E-state index in [1.165, 1.54) is 12.1 Å². The number of likely N-dealkylation sites (N-methyl/N-ethyl adjacent to an activating group) is 1. The standard InChI is InChI=1S/C33H41N5O5S/c1-3-36(4-2)22-20-34-31(39)30(25-27-15-17-29(18-16-27)38(42)43)35-33(41)37(21-19-26-11-7-5-8-12-26)23-24-44-32(40)28-13-9-6-10-14-28/h5-18,30H,3-4,19-25H2,1-2H3,(H,34,39)(H,35,41)/t30-/m0/s1. The van der Waals surface area contributed by atoms with E-state index >= 15 is 0 Å². The van der Waals surface area contributed by atoms with Gasteiger partial charge in [-0.15, -0.1) is 0 Å². The summed E-state index contributed by atoms with van der Waals surface area (Å²) in [4.78, 5) is 54.1. The molecule has 2 N–H and O–H groups in total. The molecule has 0 aliphatic carbocycles. The first-order valence-corrected chi connectivity index (χ1v) is 15.8. The van der Waals surface area contributed by atoms with Gasteiger partial charge in [-0.25, -0.2) is 4.79 Å². The molecule has 0 unspecified atom stereocenters. The van der Waals surface area contributed by atoms with Crippen molar-refractivity contribution in [2.24, 2.45) is 0 Å². The average molecular weight is 620 g/mol. The number of nitro benzene ring substituents is 1. The number of carbonyl (C=O) groups excluding carboxylic acids is 3. The van der Waals surface area contributed by atoms with Crippen LogP contribution in [0.2, 0.25) is 0 Å². The lowest BCUT2D eigenvalue weighted by Gasteiger charge is -2.27. The van der Waals surface area contributed by atoms with Crippen LogP contribution in [-0.4, -0.2) is 82.8 Å². The lowest BCUT2D eigenvalue weighted by Crippen LogP contribution is -2.53. The molecule has 0 saturated heterocycles. The van der Waals surface area contributed by atoms with Gasteiger partial charge in [0.2, 0.25) is 11.0 Å². The summed E-state index contributed by atoms with van der Waals surface area (Å²) in [6, 6.07) is 23.4. The van der Waals surface area contributed by atoms with E-state index in [1.54, 1.807) is 29.2 Å². The van der Waals surface area contributed by atoms with Gasteiger partial charge in [0.1, 0.15) is 6.04 Å². The zero-order valence-electron chi connectivity index (χ0n) is 25.3. The Kier molecular flexibility index (Phi) is 14.4. The van der Waals surface area contributed by atoms with E-state index in [2.05, 4.69) is 29.4 Å². The fraction of sp³-hybridized carbons (Fsp3) is 0.364. The van der Waals surface area contributed by atoms with E-state index in [9.17, 15) is 24.5 Å². The molecule has 0 heterocycles. The Labute approximate surface area is 263 Å². The number of amides is 3. The summed E-state index contributed by atoms with van der Waals surface area (Å²) in [5.41, 5.74) is 2.30. The van der Waals surface area contributed by atoms with Crippen molar-refractivity contribution in [3.63, 3.8) is 0 Å². The largest absolute Gasteiger partial charge is 0.353 e. The third-order valence-electron chi connectivity index (χ3n) is 7.23. The van der Waals surface area contributed by atoms with Gasteiger partial charge in [-0.05, 0) is 30.6 Å². The van der Waals surface area contributed by atoms with Crippen molar-refractivity contribution < 1.29 is 19.3 Å². The second kappa shape index (κ2) is 18.4. The average Bonchev–Trinajstić information content (AvgIpc) is 3.05. The van der Waals surface area contributed by atoms with E-state index in [-0.39, 0.29) is 23.1 Å². The number of rotatable bonds is 17. The highest BCUT2D eigenvalue weighted by atomic mass is 32.2. The zero-order chi connectivity index (χ0) is 31.7. The second-order valence-electron chi connectivity index (χ2n) is 10.2. The van der Waals surface area contributed by atoms with Gasteiger partial charge in [0.05, 0.1) is 4.92 Å². The Bertz CT molecular complexity index is 1340. The van der Waals surface area contributed by atoms with Crippen LogP contribution in [0.1, 0.15) is 35.3 Å². The highest BCUT2D eigenvalue weighted by Crippen LogP contribution is 2.15. The van der Waals surface area contributed by atoms with Crippen molar-refractivity contribution in [2.45, 2.75) is 32.7 Å². The molecule has 0 radical (unpaired) electrons. The van der Waals surface area contributed by atoms with Gasteiger partial charge in [0.25, 0.3) is 5.69 Å². The summed E-state index contributed by atoms with van der Waals surface area (Å²) in [6.07, 6.45) is 0.767. The van der Waals surface area contributed by atoms with Crippen LogP contribution in [-0.2, 0) is 17.6 Å². The number of benzene rings is 3. The van der Waals surface area contributed by atoms with E-state index in [0.717, 1.165) is 30.4 Å². The number of nitro groups is 1. The van der Waals surface area contributed by atoms with Gasteiger partial charge in [0, 0.05) is 56.0 Å². The van der Waals surface area contributed by atoms with Gasteiger partial charge < -0.3 is 20.4 Å². The molecule has 3 aromatic rings. The summed E-state index contributed by atoms with van der Waals surface area (Å²) in [6.45, 7) is 7.61. The summed E-state index contributed by atoms with van der Waals surface area (Å²) in [5, 5.41) is 16.9. The number of thioether (sulfide) groups is 1. The predicted molar refractivity (Wildman–Crippen MR) is 175 cm³/mol. The maximum atomic E-state index is 13.7. The lowest BCUT2D eigenvalue weighted by atomic mass is 10.0. The van der Waals surface area contributed by atoms with Crippen LogP contribution in [0.15, 0.2) is 84.9 Å². The van der Waals surface area contributed by atoms with Crippen molar-refractivity contribution in [1.29, 1.82) is 0 Å². The smallest absolute Gasteiger partial charge is 0.318 e. The Morgan fingerprint density at radius 3 is 2.09 bits per heavy atom. The number of hydrogen-bond acceptors (Lipinski definition) is 7. The first kappa shape index (κ1) is 34.3. The van der Waals surface area contributed by atoms with Crippen LogP contribution in [0.25, 0.3) is 0 Å². The van der Waals surface area contributed by atoms with E-state index < -0.39 is 17.0 Å². The predicted octanol–water partition coefficient (Wildman–Crippen LogP) is 4.79. The fourth-order valence-corrected chi connectivity index (χ4v) is 5.37. The summed E-state index contributed by atoms with van der Waals surface area (Å²) < 4.78 is 0. The van der Waals surface area contributed by atoms with Crippen molar-refractivity contribution in [3.8, 4) is 0 Å². The van der Waals surface area contributed by atoms with Gasteiger partial charge >= 0.3 is 6.03 Å². The molecule has 3 rings (SSSR count). The number of carbonyl (C=O) groups is 3. The monoisotopic (exact) mass is 619 g/mol. The maximum Gasteiger partial charge on any atom is 0.318 e. The topological polar surface area (TPSA) is 125 Å². The molecule has 0 fully saturated rings. The third-order valence-corrected chi connectivity index (χ3v) is 8.11. The Morgan fingerprint density at radius 2 is 1.48 bits per heavy atom. The first-order chi connectivity index (χ1) is 21.3. The molecule has 1 atom stereocenters. The molecule has 0 spiro atoms. The zero-order valence-corrected chi connectivity index (χ0v) is 26.1. The Hall–Kier alpha value is -4.22. The number of nitrogens with one attached hydrogen (secondary N) is 2. The normalized spacial score (nSPS) is 11.5. The molecular formula is C33H41N5O5S. The van der Waals surface area contributed by atoms with Crippen molar-refractivity contribution >= 4 is 34.5 Å². The van der Waals surface area contributed by atoms with Gasteiger partial charge in [-0.3, -0.25) is 19.7 Å². The number of non-ortho nitro benzene ring substituents is 1. The SMILES string of the molecule is CCN(CC)CCNC(=O)[C@H](Cc1ccc([N+](=O)[O-])cc1)NC(=O)N(CCSC(=O)c1ccccc1)CCc1ccccc1. The first-order valence-electron chi connectivity index (χ1n) is 14.9. The Morgan fingerprint density at radius 1 is 0.841 bits per heavy atom. The number of nitrogens with zero attached hydrogens (tertiary/aromatic N) is 3. The van der Waals surface area contributed by atoms with Crippen LogP contribution < -0.4 is 10.6 Å². The molecular weight excluding hydrogens is 578 g/mol. The van der Waals surface area contributed by atoms with Crippen molar-refractivity contribution in [3.05, 3.63) is 112 Å². The second-order valence-corrected chi connectivity index (χ2v) is 11.2. The maximum absolute atomic E-state index is 13.7. The van der Waals surface area contributed by atoms with Gasteiger partial charge in [-0.2, -0.15) is 0 Å². The van der Waals surface area contributed by atoms with Gasteiger partial charge in [0.15, 0.2) is 0 Å². The molecule has 0 aromatic heterocycles. The van der Waals surface area contributed by atoms with E-state index in [4.69, 9.17) is 0 Å². The van der Waals surface area contributed by atoms with Crippen molar-refractivity contribution in [2.75, 3.05) is 45.0 Å². The Balaban J connectivity index is 1.73. The minimum Gasteiger partial charge on any atom is -0.353 e. The minimum absolute atomic E-state index is 0.0485. The molecule has 44 heavy (non-hydrogen) atoms.